The molecule has 0 aliphatic carbocycles. The number of halogens is 1. The maximum atomic E-state index is 9.15. The van der Waals surface area contributed by atoms with E-state index in [0.29, 0.717) is 5.33 Å². The van der Waals surface area contributed by atoms with Crippen molar-refractivity contribution < 1.29 is 5.11 Å². The van der Waals surface area contributed by atoms with Crippen molar-refractivity contribution in [3.8, 4) is 0 Å². The fraction of sp³-hybridized carbons (Fsp3) is 1.00. The fourth-order valence-electron chi connectivity index (χ4n) is 0.391. The molecule has 0 aromatic rings. The summed E-state index contributed by atoms with van der Waals surface area (Å²) in [5.41, 5.74) is 0. The van der Waals surface area contributed by atoms with Gasteiger partial charge in [-0.2, -0.15) is 11.8 Å². The molecule has 1 N–H and O–H groups in total. The zero-order valence-corrected chi connectivity index (χ0v) is 9.13. The van der Waals surface area contributed by atoms with Crippen LogP contribution in [0.4, 0.5) is 0 Å². The molecule has 1 nitrogen and oxygen atoms in total. The Morgan fingerprint density at radius 2 is 2.00 bits per heavy atom. The molecule has 0 fully saturated rings. The van der Waals surface area contributed by atoms with E-state index >= 15 is 0 Å². The highest BCUT2D eigenvalue weighted by Crippen LogP contribution is 2.23. The second-order valence-corrected chi connectivity index (χ2v) is 5.73. The fourth-order valence-corrected chi connectivity index (χ4v) is 1.73. The summed E-state index contributed by atoms with van der Waals surface area (Å²) in [6.07, 6.45) is -0.204. The van der Waals surface area contributed by atoms with Crippen molar-refractivity contribution in [3.63, 3.8) is 0 Å². The average Bonchev–Trinajstić information content (AvgIpc) is 1.81. The summed E-state index contributed by atoms with van der Waals surface area (Å²) >= 11 is 5.01. The van der Waals surface area contributed by atoms with Gasteiger partial charge >= 0.3 is 0 Å². The summed E-state index contributed by atoms with van der Waals surface area (Å²) in [7, 11) is 0. The lowest BCUT2D eigenvalue weighted by Crippen LogP contribution is -2.17. The van der Waals surface area contributed by atoms with E-state index in [4.69, 9.17) is 5.11 Å². The summed E-state index contributed by atoms with van der Waals surface area (Å²) in [4.78, 5) is 0. The van der Waals surface area contributed by atoms with Gasteiger partial charge in [-0.3, -0.25) is 0 Å². The van der Waals surface area contributed by atoms with E-state index in [0.717, 1.165) is 5.75 Å². The predicted molar refractivity (Wildman–Crippen MR) is 52.0 cm³/mol. The molecule has 0 saturated carbocycles. The lowest BCUT2D eigenvalue weighted by atomic mass is 10.3. The third kappa shape index (κ3) is 6.90. The maximum absolute atomic E-state index is 9.15. The Labute approximate surface area is 75.7 Å². The summed E-state index contributed by atoms with van der Waals surface area (Å²) in [5, 5.41) is 9.83. The normalized spacial score (nSPS) is 15.3. The van der Waals surface area contributed by atoms with Crippen LogP contribution in [0.25, 0.3) is 0 Å². The highest BCUT2D eigenvalue weighted by Gasteiger charge is 2.12. The molecule has 0 spiro atoms. The van der Waals surface area contributed by atoms with Gasteiger partial charge in [0, 0.05) is 15.8 Å². The third-order valence-electron chi connectivity index (χ3n) is 0.887. The standard InChI is InChI=1S/C7H15BrOS/c1-7(2,3)10-5-6(9)4-8/h6,9H,4-5H2,1-3H3. The van der Waals surface area contributed by atoms with E-state index in [9.17, 15) is 0 Å². The van der Waals surface area contributed by atoms with Crippen molar-refractivity contribution in [1.82, 2.24) is 0 Å². The zero-order valence-electron chi connectivity index (χ0n) is 6.72. The lowest BCUT2D eigenvalue weighted by molar-refractivity contribution is 0.226. The van der Waals surface area contributed by atoms with Gasteiger partial charge in [0.2, 0.25) is 0 Å². The lowest BCUT2D eigenvalue weighted by Gasteiger charge is -2.18. The molecule has 0 rings (SSSR count). The maximum Gasteiger partial charge on any atom is 0.0727 e. The van der Waals surface area contributed by atoms with E-state index in [1.165, 1.54) is 0 Å². The van der Waals surface area contributed by atoms with Crippen LogP contribution in [-0.2, 0) is 0 Å². The molecule has 62 valence electrons. The van der Waals surface area contributed by atoms with Gasteiger partial charge < -0.3 is 5.11 Å². The van der Waals surface area contributed by atoms with Crippen LogP contribution in [0.1, 0.15) is 20.8 Å². The van der Waals surface area contributed by atoms with Crippen LogP contribution in [0.2, 0.25) is 0 Å². The van der Waals surface area contributed by atoms with E-state index in [2.05, 4.69) is 36.7 Å². The van der Waals surface area contributed by atoms with Crippen molar-refractivity contribution >= 4 is 27.7 Å². The van der Waals surface area contributed by atoms with Gasteiger partial charge in [0.25, 0.3) is 0 Å². The Hall–Kier alpha value is 0.790. The van der Waals surface area contributed by atoms with Crippen molar-refractivity contribution in [3.05, 3.63) is 0 Å². The molecular weight excluding hydrogens is 212 g/mol. The Bertz CT molecular complexity index is 90.1. The number of hydrogen-bond donors (Lipinski definition) is 1. The molecular formula is C7H15BrOS. The first kappa shape index (κ1) is 10.8. The monoisotopic (exact) mass is 226 g/mol. The van der Waals surface area contributed by atoms with Crippen LogP contribution in [0.15, 0.2) is 0 Å². The average molecular weight is 227 g/mol. The van der Waals surface area contributed by atoms with Gasteiger partial charge in [-0.25, -0.2) is 0 Å². The first-order valence-electron chi connectivity index (χ1n) is 3.33. The largest absolute Gasteiger partial charge is 0.391 e. The van der Waals surface area contributed by atoms with Crippen LogP contribution in [0.3, 0.4) is 0 Å². The summed E-state index contributed by atoms with van der Waals surface area (Å²) < 4.78 is 0.267. The van der Waals surface area contributed by atoms with E-state index in [-0.39, 0.29) is 10.9 Å². The number of rotatable bonds is 3. The van der Waals surface area contributed by atoms with Crippen LogP contribution in [0.5, 0.6) is 0 Å². The highest BCUT2D eigenvalue weighted by molar-refractivity contribution is 9.09. The quantitative estimate of drug-likeness (QED) is 0.746. The zero-order chi connectivity index (χ0) is 8.20. The van der Waals surface area contributed by atoms with Crippen LogP contribution < -0.4 is 0 Å². The molecule has 0 saturated heterocycles. The van der Waals surface area contributed by atoms with Crippen molar-refractivity contribution in [2.24, 2.45) is 0 Å². The Morgan fingerprint density at radius 3 is 2.30 bits per heavy atom. The van der Waals surface area contributed by atoms with Crippen LogP contribution in [-0.4, -0.2) is 27.0 Å². The SMILES string of the molecule is CC(C)(C)SCC(O)CBr. The van der Waals surface area contributed by atoms with E-state index < -0.39 is 0 Å². The second kappa shape index (κ2) is 4.62. The molecule has 0 bridgehead atoms. The molecule has 1 unspecified atom stereocenters. The summed E-state index contributed by atoms with van der Waals surface area (Å²) in [6, 6.07) is 0. The Morgan fingerprint density at radius 1 is 1.50 bits per heavy atom. The highest BCUT2D eigenvalue weighted by atomic mass is 79.9. The predicted octanol–water partition coefficient (Wildman–Crippen LogP) is 2.27. The number of thioether (sulfide) groups is 1. The van der Waals surface area contributed by atoms with E-state index in [1.54, 1.807) is 11.8 Å². The van der Waals surface area contributed by atoms with Gasteiger partial charge in [0.1, 0.15) is 0 Å². The van der Waals surface area contributed by atoms with Crippen LogP contribution >= 0.6 is 27.7 Å². The minimum absolute atomic E-state index is 0.204. The van der Waals surface area contributed by atoms with Gasteiger partial charge in [0.15, 0.2) is 0 Å². The van der Waals surface area contributed by atoms with Gasteiger partial charge in [-0.05, 0) is 0 Å². The first-order valence-corrected chi connectivity index (χ1v) is 5.44. The number of hydrogen-bond acceptors (Lipinski definition) is 2. The van der Waals surface area contributed by atoms with Gasteiger partial charge in [0.05, 0.1) is 6.10 Å². The molecule has 0 amide bonds. The van der Waals surface area contributed by atoms with Crippen molar-refractivity contribution in [2.45, 2.75) is 31.6 Å². The number of aliphatic hydroxyl groups is 1. The molecule has 0 aliphatic rings. The van der Waals surface area contributed by atoms with Gasteiger partial charge in [-0.15, -0.1) is 0 Å². The molecule has 1 atom stereocenters. The minimum Gasteiger partial charge on any atom is -0.391 e. The minimum atomic E-state index is -0.204. The van der Waals surface area contributed by atoms with Gasteiger partial charge in [-0.1, -0.05) is 36.7 Å². The van der Waals surface area contributed by atoms with E-state index in [1.807, 2.05) is 0 Å². The molecule has 0 heterocycles. The summed E-state index contributed by atoms with van der Waals surface area (Å²) in [6.45, 7) is 6.45. The topological polar surface area (TPSA) is 20.2 Å². The molecule has 0 aliphatic heterocycles. The number of aliphatic hydroxyl groups excluding tert-OH is 1. The molecule has 0 aromatic carbocycles. The molecule has 0 radical (unpaired) electrons. The first-order chi connectivity index (χ1) is 4.45. The molecule has 0 aromatic heterocycles. The smallest absolute Gasteiger partial charge is 0.0727 e. The molecule has 10 heavy (non-hydrogen) atoms. The van der Waals surface area contributed by atoms with Crippen molar-refractivity contribution in [2.75, 3.05) is 11.1 Å². The molecule has 3 heteroatoms. The number of alkyl halides is 1. The second-order valence-electron chi connectivity index (χ2n) is 3.23. The Balaban J connectivity index is 3.36. The summed E-state index contributed by atoms with van der Waals surface area (Å²) in [5.74, 6) is 0.814. The third-order valence-corrected chi connectivity index (χ3v) is 3.05. The van der Waals surface area contributed by atoms with Crippen molar-refractivity contribution in [1.29, 1.82) is 0 Å². The van der Waals surface area contributed by atoms with Crippen LogP contribution in [0, 0.1) is 0 Å². The Kier molecular flexibility index (Phi) is 4.99.